The first-order valence-corrected chi connectivity index (χ1v) is 9.49. The summed E-state index contributed by atoms with van der Waals surface area (Å²) in [7, 11) is 0. The van der Waals surface area contributed by atoms with Crippen LogP contribution in [0, 0.1) is 0 Å². The van der Waals surface area contributed by atoms with Crippen molar-refractivity contribution in [3.63, 3.8) is 0 Å². The van der Waals surface area contributed by atoms with Crippen LogP contribution in [0.4, 0.5) is 11.4 Å². The van der Waals surface area contributed by atoms with Gasteiger partial charge < -0.3 is 15.6 Å². The molecule has 0 radical (unpaired) electrons. The van der Waals surface area contributed by atoms with Gasteiger partial charge in [-0.2, -0.15) is 0 Å². The van der Waals surface area contributed by atoms with Gasteiger partial charge >= 0.3 is 0 Å². The third kappa shape index (κ3) is 2.96. The summed E-state index contributed by atoms with van der Waals surface area (Å²) in [5.74, 6) is 1.30. The zero-order chi connectivity index (χ0) is 19.1. The molecule has 2 atom stereocenters. The Morgan fingerprint density at radius 3 is 2.79 bits per heavy atom. The Kier molecular flexibility index (Phi) is 3.96. The van der Waals surface area contributed by atoms with Crippen molar-refractivity contribution in [2.45, 2.75) is 38.1 Å². The first kappa shape index (κ1) is 16.7. The number of benzene rings is 1. The van der Waals surface area contributed by atoms with Crippen LogP contribution in [-0.2, 0) is 4.79 Å². The van der Waals surface area contributed by atoms with Gasteiger partial charge in [-0.05, 0) is 49.6 Å². The van der Waals surface area contributed by atoms with Crippen LogP contribution in [0.5, 0.6) is 0 Å². The fraction of sp³-hybridized carbons (Fsp3) is 0.300. The molecule has 142 valence electrons. The zero-order valence-corrected chi connectivity index (χ0v) is 15.5. The highest BCUT2D eigenvalue weighted by atomic mass is 16.1. The van der Waals surface area contributed by atoms with Gasteiger partial charge in [-0.3, -0.25) is 9.20 Å². The number of hydrogen-bond acceptors (Lipinski definition) is 5. The largest absolute Gasteiger partial charge is 0.382 e. The fourth-order valence-corrected chi connectivity index (χ4v) is 4.10. The maximum Gasteiger partial charge on any atom is 0.221 e. The summed E-state index contributed by atoms with van der Waals surface area (Å²) >= 11 is 0. The average molecular weight is 375 g/mol. The molecule has 0 spiro atoms. The summed E-state index contributed by atoms with van der Waals surface area (Å²) in [5.41, 5.74) is 4.51. The van der Waals surface area contributed by atoms with E-state index in [0.717, 1.165) is 53.3 Å². The molecule has 0 unspecified atom stereocenters. The molecule has 8 nitrogen and oxygen atoms in total. The van der Waals surface area contributed by atoms with Crippen LogP contribution in [0.25, 0.3) is 16.8 Å². The van der Waals surface area contributed by atoms with E-state index in [0.29, 0.717) is 12.0 Å². The molecular formula is C20H21N7O. The minimum atomic E-state index is -0.0633. The molecule has 0 saturated heterocycles. The van der Waals surface area contributed by atoms with Gasteiger partial charge in [0, 0.05) is 36.5 Å². The molecule has 3 N–H and O–H groups in total. The summed E-state index contributed by atoms with van der Waals surface area (Å²) in [6, 6.07) is 10.2. The third-order valence-electron chi connectivity index (χ3n) is 5.34. The summed E-state index contributed by atoms with van der Waals surface area (Å²) in [4.78, 5) is 18.7. The lowest BCUT2D eigenvalue weighted by molar-refractivity contribution is -0.114. The van der Waals surface area contributed by atoms with Crippen LogP contribution in [0.2, 0.25) is 0 Å². The number of nitrogens with zero attached hydrogens (tertiary/aromatic N) is 4. The van der Waals surface area contributed by atoms with Crippen LogP contribution in [-0.4, -0.2) is 36.5 Å². The van der Waals surface area contributed by atoms with Crippen LogP contribution >= 0.6 is 0 Å². The van der Waals surface area contributed by atoms with Gasteiger partial charge in [0.05, 0.1) is 11.7 Å². The molecule has 8 heteroatoms. The predicted molar refractivity (Wildman–Crippen MR) is 107 cm³/mol. The Morgan fingerprint density at radius 1 is 1.14 bits per heavy atom. The van der Waals surface area contributed by atoms with Gasteiger partial charge in [-0.1, -0.05) is 0 Å². The van der Waals surface area contributed by atoms with Crippen LogP contribution in [0.15, 0.2) is 42.7 Å². The van der Waals surface area contributed by atoms with E-state index in [1.165, 1.54) is 6.92 Å². The lowest BCUT2D eigenvalue weighted by atomic mass is 10.1. The van der Waals surface area contributed by atoms with Crippen molar-refractivity contribution in [3.05, 3.63) is 48.5 Å². The number of anilines is 2. The van der Waals surface area contributed by atoms with Gasteiger partial charge in [0.2, 0.25) is 5.91 Å². The molecule has 1 aliphatic rings. The third-order valence-corrected chi connectivity index (χ3v) is 5.34. The molecule has 1 fully saturated rings. The number of rotatable bonds is 4. The van der Waals surface area contributed by atoms with E-state index in [-0.39, 0.29) is 5.91 Å². The molecule has 0 bridgehead atoms. The highest BCUT2D eigenvalue weighted by molar-refractivity contribution is 5.88. The summed E-state index contributed by atoms with van der Waals surface area (Å²) < 4.78 is 2.12. The average Bonchev–Trinajstić information content (AvgIpc) is 3.40. The number of carbonyl (C=O) groups excluding carboxylic acids is 1. The Morgan fingerprint density at radius 2 is 1.96 bits per heavy atom. The molecule has 1 saturated carbocycles. The predicted octanol–water partition coefficient (Wildman–Crippen LogP) is 3.31. The molecular weight excluding hydrogens is 354 g/mol. The molecule has 3 aromatic heterocycles. The number of carbonyl (C=O) groups is 1. The van der Waals surface area contributed by atoms with Gasteiger partial charge in [0.15, 0.2) is 11.3 Å². The molecule has 4 aromatic rings. The van der Waals surface area contributed by atoms with Crippen molar-refractivity contribution < 1.29 is 4.79 Å². The van der Waals surface area contributed by atoms with E-state index in [9.17, 15) is 4.79 Å². The summed E-state index contributed by atoms with van der Waals surface area (Å²) in [6.45, 7) is 1.51. The van der Waals surface area contributed by atoms with Crippen molar-refractivity contribution in [2.75, 3.05) is 10.6 Å². The fourth-order valence-electron chi connectivity index (χ4n) is 4.10. The lowest BCUT2D eigenvalue weighted by Crippen LogP contribution is -2.15. The molecule has 1 amide bonds. The zero-order valence-electron chi connectivity index (χ0n) is 15.5. The Hall–Kier alpha value is -3.42. The van der Waals surface area contributed by atoms with Gasteiger partial charge in [-0.25, -0.2) is 4.98 Å². The maximum absolute atomic E-state index is 11.1. The van der Waals surface area contributed by atoms with Crippen LogP contribution in [0.3, 0.4) is 0 Å². The number of aromatic nitrogens is 5. The summed E-state index contributed by atoms with van der Waals surface area (Å²) in [5, 5.41) is 15.2. The number of aromatic amines is 1. The van der Waals surface area contributed by atoms with Crippen molar-refractivity contribution >= 4 is 34.1 Å². The second-order valence-electron chi connectivity index (χ2n) is 7.33. The number of hydrogen-bond donors (Lipinski definition) is 3. The van der Waals surface area contributed by atoms with Crippen molar-refractivity contribution in [2.24, 2.45) is 0 Å². The smallest absolute Gasteiger partial charge is 0.221 e. The maximum atomic E-state index is 11.1. The molecule has 1 aliphatic carbocycles. The van der Waals surface area contributed by atoms with Gasteiger partial charge in [0.25, 0.3) is 0 Å². The number of amides is 1. The van der Waals surface area contributed by atoms with E-state index in [2.05, 4.69) is 35.2 Å². The SMILES string of the molecule is CC(=O)Nc1ccc(N[C@H]2CC[C@@H](c3nnc4cnc5[nH]ccc5n34)C2)cc1. The monoisotopic (exact) mass is 375 g/mol. The van der Waals surface area contributed by atoms with Gasteiger partial charge in [0.1, 0.15) is 5.82 Å². The quantitative estimate of drug-likeness (QED) is 0.508. The number of nitrogens with one attached hydrogen (secondary N) is 3. The van der Waals surface area contributed by atoms with Gasteiger partial charge in [-0.15, -0.1) is 10.2 Å². The Balaban J connectivity index is 1.33. The molecule has 0 aliphatic heterocycles. The number of H-pyrrole nitrogens is 1. The lowest BCUT2D eigenvalue weighted by Gasteiger charge is -2.15. The number of fused-ring (bicyclic) bond motifs is 3. The van der Waals surface area contributed by atoms with Crippen LogP contribution in [0.1, 0.15) is 37.9 Å². The van der Waals surface area contributed by atoms with E-state index >= 15 is 0 Å². The Labute approximate surface area is 161 Å². The highest BCUT2D eigenvalue weighted by Crippen LogP contribution is 2.36. The topological polar surface area (TPSA) is 100 Å². The normalized spacial score (nSPS) is 19.3. The summed E-state index contributed by atoms with van der Waals surface area (Å²) in [6.07, 6.45) is 6.80. The van der Waals surface area contributed by atoms with Crippen molar-refractivity contribution in [1.29, 1.82) is 0 Å². The van der Waals surface area contributed by atoms with E-state index < -0.39 is 0 Å². The molecule has 5 rings (SSSR count). The standard InChI is InChI=1S/C20H21N7O/c1-12(28)23-14-4-6-15(7-5-14)24-16-3-2-13(10-16)20-26-25-18-11-22-19-17(27(18)20)8-9-21-19/h4-9,11,13,16,21,24H,2-3,10H2,1H3,(H,23,28)/t13-,16+/m1/s1. The minimum absolute atomic E-state index is 0.0633. The minimum Gasteiger partial charge on any atom is -0.382 e. The second kappa shape index (κ2) is 6.63. The Bertz CT molecular complexity index is 1140. The van der Waals surface area contributed by atoms with E-state index in [1.54, 1.807) is 6.20 Å². The van der Waals surface area contributed by atoms with E-state index in [4.69, 9.17) is 0 Å². The second-order valence-corrected chi connectivity index (χ2v) is 7.33. The first-order valence-electron chi connectivity index (χ1n) is 9.49. The highest BCUT2D eigenvalue weighted by Gasteiger charge is 2.29. The first-order chi connectivity index (χ1) is 13.7. The van der Waals surface area contributed by atoms with Crippen LogP contribution < -0.4 is 10.6 Å². The molecule has 3 heterocycles. The van der Waals surface area contributed by atoms with Crippen molar-refractivity contribution in [1.82, 2.24) is 24.6 Å². The van der Waals surface area contributed by atoms with E-state index in [1.807, 2.05) is 36.5 Å². The molecule has 28 heavy (non-hydrogen) atoms. The van der Waals surface area contributed by atoms with Crippen molar-refractivity contribution in [3.8, 4) is 0 Å². The molecule has 1 aromatic carbocycles.